The molecule has 4 rings (SSSR count). The van der Waals surface area contributed by atoms with E-state index in [0.29, 0.717) is 10.9 Å². The van der Waals surface area contributed by atoms with Crippen molar-refractivity contribution < 1.29 is 17.6 Å². The largest absolute Gasteiger partial charge is 0.316 e. The van der Waals surface area contributed by atoms with Gasteiger partial charge < -0.3 is 4.90 Å². The van der Waals surface area contributed by atoms with Gasteiger partial charge in [0.2, 0.25) is 0 Å². The number of rotatable bonds is 3. The van der Waals surface area contributed by atoms with Gasteiger partial charge in [0.1, 0.15) is 5.82 Å². The van der Waals surface area contributed by atoms with Crippen LogP contribution in [0.1, 0.15) is 11.1 Å². The first-order chi connectivity index (χ1) is 13.3. The number of anilines is 1. The zero-order valence-electron chi connectivity index (χ0n) is 15.2. The first kappa shape index (κ1) is 19.1. The molecule has 0 aromatic heterocycles. The molecule has 5 nitrogen and oxygen atoms in total. The van der Waals surface area contributed by atoms with E-state index in [1.54, 1.807) is 17.0 Å². The number of carbonyl (C=O) groups excluding carboxylic acids is 1. The average Bonchev–Trinajstić information content (AvgIpc) is 3.06. The quantitative estimate of drug-likeness (QED) is 0.767. The highest BCUT2D eigenvalue weighted by Gasteiger charge is 2.49. The minimum Gasteiger partial charge on any atom is -0.316 e. The van der Waals surface area contributed by atoms with Crippen LogP contribution in [0.25, 0.3) is 0 Å². The van der Waals surface area contributed by atoms with Crippen molar-refractivity contribution in [3.63, 3.8) is 0 Å². The minimum absolute atomic E-state index is 0.00708. The zero-order chi connectivity index (χ0) is 19.9. The maximum atomic E-state index is 13.3. The lowest BCUT2D eigenvalue weighted by Crippen LogP contribution is -2.37. The standard InChI is InChI=1S/C20H19FN2O3S2/c1-13-3-2-4-14(9-13)10-19(24)22-20-23(16-7-5-15(21)6-8-16)17-11-28(25,26)12-18(17)27-20/h2-9,17-18H,10-12H2,1H3/t17-,18+/m1/s1. The van der Waals surface area contributed by atoms with Gasteiger partial charge in [0.25, 0.3) is 5.91 Å². The summed E-state index contributed by atoms with van der Waals surface area (Å²) < 4.78 is 37.5. The molecule has 28 heavy (non-hydrogen) atoms. The molecular weight excluding hydrogens is 399 g/mol. The van der Waals surface area contributed by atoms with E-state index in [1.807, 2.05) is 31.2 Å². The van der Waals surface area contributed by atoms with Gasteiger partial charge in [-0.05, 0) is 36.8 Å². The highest BCUT2D eigenvalue weighted by Crippen LogP contribution is 2.41. The number of hydrogen-bond donors (Lipinski definition) is 0. The normalized spacial score (nSPS) is 24.5. The number of aryl methyl sites for hydroxylation is 1. The van der Waals surface area contributed by atoms with Crippen LogP contribution in [-0.2, 0) is 21.1 Å². The van der Waals surface area contributed by atoms with Gasteiger partial charge in [0.15, 0.2) is 15.0 Å². The van der Waals surface area contributed by atoms with Gasteiger partial charge in [-0.1, -0.05) is 41.6 Å². The second kappa shape index (κ2) is 7.33. The van der Waals surface area contributed by atoms with Crippen LogP contribution in [-0.4, -0.2) is 42.3 Å². The molecule has 2 heterocycles. The second-order valence-corrected chi connectivity index (χ2v) is 10.5. The minimum atomic E-state index is -3.14. The Morgan fingerprint density at radius 3 is 2.68 bits per heavy atom. The number of fused-ring (bicyclic) bond motifs is 1. The predicted octanol–water partition coefficient (Wildman–Crippen LogP) is 2.98. The van der Waals surface area contributed by atoms with Crippen LogP contribution in [0.5, 0.6) is 0 Å². The fourth-order valence-electron chi connectivity index (χ4n) is 3.61. The lowest BCUT2D eigenvalue weighted by molar-refractivity contribution is -0.117. The molecule has 0 spiro atoms. The molecule has 2 aliphatic heterocycles. The van der Waals surface area contributed by atoms with Crippen LogP contribution in [0.15, 0.2) is 53.5 Å². The molecular formula is C20H19FN2O3S2. The lowest BCUT2D eigenvalue weighted by Gasteiger charge is -2.24. The summed E-state index contributed by atoms with van der Waals surface area (Å²) in [6.45, 7) is 1.96. The molecule has 2 aromatic rings. The Hall–Kier alpha value is -2.19. The van der Waals surface area contributed by atoms with Crippen LogP contribution < -0.4 is 4.90 Å². The van der Waals surface area contributed by atoms with Crippen molar-refractivity contribution in [3.05, 3.63) is 65.5 Å². The monoisotopic (exact) mass is 418 g/mol. The number of amidine groups is 1. The van der Waals surface area contributed by atoms with Gasteiger partial charge in [-0.2, -0.15) is 4.99 Å². The highest BCUT2D eigenvalue weighted by atomic mass is 32.2. The summed E-state index contributed by atoms with van der Waals surface area (Å²) in [4.78, 5) is 18.6. The van der Waals surface area contributed by atoms with Crippen LogP contribution in [0.4, 0.5) is 10.1 Å². The Kier molecular flexibility index (Phi) is 5.01. The summed E-state index contributed by atoms with van der Waals surface area (Å²) >= 11 is 1.31. The third-order valence-electron chi connectivity index (χ3n) is 4.83. The van der Waals surface area contributed by atoms with Gasteiger partial charge in [-0.3, -0.25) is 4.79 Å². The maximum absolute atomic E-state index is 13.3. The fraction of sp³-hybridized carbons (Fsp3) is 0.300. The smallest absolute Gasteiger partial charge is 0.252 e. The molecule has 1 amide bonds. The molecule has 8 heteroatoms. The number of thioether (sulfide) groups is 1. The highest BCUT2D eigenvalue weighted by molar-refractivity contribution is 8.16. The average molecular weight is 419 g/mol. The number of amides is 1. The molecule has 2 atom stereocenters. The fourth-order valence-corrected chi connectivity index (χ4v) is 7.54. The number of hydrogen-bond acceptors (Lipinski definition) is 4. The van der Waals surface area contributed by atoms with Crippen molar-refractivity contribution in [1.82, 2.24) is 0 Å². The van der Waals surface area contributed by atoms with Crippen LogP contribution in [0.3, 0.4) is 0 Å². The summed E-state index contributed by atoms with van der Waals surface area (Å²) in [5.74, 6) is -0.596. The van der Waals surface area contributed by atoms with Gasteiger partial charge >= 0.3 is 0 Å². The molecule has 2 fully saturated rings. The van der Waals surface area contributed by atoms with Crippen molar-refractivity contribution >= 4 is 38.4 Å². The Labute approximate surface area is 167 Å². The van der Waals surface area contributed by atoms with Gasteiger partial charge in [0.05, 0.1) is 24.0 Å². The summed E-state index contributed by atoms with van der Waals surface area (Å²) in [5.41, 5.74) is 2.59. The Bertz CT molecular complexity index is 1050. The van der Waals surface area contributed by atoms with Gasteiger partial charge in [0, 0.05) is 10.9 Å². The molecule has 0 unspecified atom stereocenters. The van der Waals surface area contributed by atoms with E-state index in [0.717, 1.165) is 11.1 Å². The van der Waals surface area contributed by atoms with Gasteiger partial charge in [-0.15, -0.1) is 0 Å². The van der Waals surface area contributed by atoms with Crippen molar-refractivity contribution in [2.24, 2.45) is 4.99 Å². The molecule has 2 saturated heterocycles. The number of aliphatic imine (C=N–C) groups is 1. The summed E-state index contributed by atoms with van der Waals surface area (Å²) in [7, 11) is -3.14. The lowest BCUT2D eigenvalue weighted by atomic mass is 10.1. The molecule has 0 bridgehead atoms. The number of benzene rings is 2. The number of sulfone groups is 1. The molecule has 0 N–H and O–H groups in total. The summed E-state index contributed by atoms with van der Waals surface area (Å²) in [6, 6.07) is 13.2. The first-order valence-electron chi connectivity index (χ1n) is 8.90. The van der Waals surface area contributed by atoms with Crippen LogP contribution >= 0.6 is 11.8 Å². The third-order valence-corrected chi connectivity index (χ3v) is 8.04. The third kappa shape index (κ3) is 3.98. The van der Waals surface area contributed by atoms with Crippen molar-refractivity contribution in [1.29, 1.82) is 0 Å². The van der Waals surface area contributed by atoms with E-state index in [2.05, 4.69) is 4.99 Å². The SMILES string of the molecule is Cc1cccc(CC(=O)N=C2S[C@H]3CS(=O)(=O)C[C@H]3N2c2ccc(F)cc2)c1. The second-order valence-electron chi connectivity index (χ2n) is 7.10. The number of halogens is 1. The summed E-state index contributed by atoms with van der Waals surface area (Å²) in [5, 5.41) is 0.301. The Balaban J connectivity index is 1.63. The van der Waals surface area contributed by atoms with E-state index >= 15 is 0 Å². The molecule has 0 aliphatic carbocycles. The van der Waals surface area contributed by atoms with Crippen molar-refractivity contribution in [2.45, 2.75) is 24.6 Å². The Morgan fingerprint density at radius 1 is 1.21 bits per heavy atom. The van der Waals surface area contributed by atoms with E-state index in [-0.39, 0.29) is 40.9 Å². The first-order valence-corrected chi connectivity index (χ1v) is 11.6. The topological polar surface area (TPSA) is 66.8 Å². The van der Waals surface area contributed by atoms with E-state index < -0.39 is 9.84 Å². The zero-order valence-corrected chi connectivity index (χ0v) is 16.8. The van der Waals surface area contributed by atoms with Crippen LogP contribution in [0, 0.1) is 12.7 Å². The predicted molar refractivity (Wildman–Crippen MR) is 110 cm³/mol. The van der Waals surface area contributed by atoms with Crippen molar-refractivity contribution in [3.8, 4) is 0 Å². The molecule has 2 aliphatic rings. The molecule has 0 radical (unpaired) electrons. The molecule has 0 saturated carbocycles. The molecule has 2 aromatic carbocycles. The molecule has 146 valence electrons. The maximum Gasteiger partial charge on any atom is 0.252 e. The van der Waals surface area contributed by atoms with Crippen molar-refractivity contribution in [2.75, 3.05) is 16.4 Å². The van der Waals surface area contributed by atoms with E-state index in [9.17, 15) is 17.6 Å². The van der Waals surface area contributed by atoms with Gasteiger partial charge in [-0.25, -0.2) is 12.8 Å². The van der Waals surface area contributed by atoms with E-state index in [4.69, 9.17) is 0 Å². The number of nitrogens with zero attached hydrogens (tertiary/aromatic N) is 2. The van der Waals surface area contributed by atoms with E-state index in [1.165, 1.54) is 23.9 Å². The Morgan fingerprint density at radius 2 is 1.96 bits per heavy atom. The number of carbonyl (C=O) groups is 1. The van der Waals surface area contributed by atoms with Crippen LogP contribution in [0.2, 0.25) is 0 Å². The summed E-state index contributed by atoms with van der Waals surface area (Å²) in [6.07, 6.45) is 0.177.